The smallest absolute Gasteiger partial charge is 0.0256 e. The Hall–Kier alpha value is 0.270. The normalized spacial score (nSPS) is 27.4. The minimum absolute atomic E-state index is 0.512. The fraction of sp³-hybridized carbons (Fsp3) is 1.00. The van der Waals surface area contributed by atoms with E-state index < -0.39 is 0 Å². The molecule has 84 valence electrons. The van der Waals surface area contributed by atoms with Gasteiger partial charge in [0.05, 0.1) is 0 Å². The first-order valence-corrected chi connectivity index (χ1v) is 6.69. The quantitative estimate of drug-likeness (QED) is 0.663. The second kappa shape index (κ2) is 5.99. The maximum atomic E-state index is 3.54. The molecule has 1 rings (SSSR count). The molecule has 1 saturated heterocycles. The van der Waals surface area contributed by atoms with E-state index >= 15 is 0 Å². The fourth-order valence-corrected chi connectivity index (χ4v) is 3.05. The van der Waals surface area contributed by atoms with Crippen molar-refractivity contribution in [1.82, 2.24) is 10.6 Å². The van der Waals surface area contributed by atoms with Crippen LogP contribution in [0.5, 0.6) is 0 Å². The van der Waals surface area contributed by atoms with Gasteiger partial charge in [-0.3, -0.25) is 0 Å². The third-order valence-electron chi connectivity index (χ3n) is 2.65. The average Bonchev–Trinajstić information content (AvgIpc) is 2.51. The number of thioether (sulfide) groups is 1. The molecule has 3 heteroatoms. The Balaban J connectivity index is 1.98. The van der Waals surface area contributed by atoms with Crippen LogP contribution in [-0.2, 0) is 0 Å². The summed E-state index contributed by atoms with van der Waals surface area (Å²) in [4.78, 5) is 0. The first-order chi connectivity index (χ1) is 6.62. The van der Waals surface area contributed by atoms with Crippen molar-refractivity contribution < 1.29 is 0 Å². The van der Waals surface area contributed by atoms with Crippen molar-refractivity contribution in [1.29, 1.82) is 0 Å². The van der Waals surface area contributed by atoms with Gasteiger partial charge in [0, 0.05) is 30.4 Å². The summed E-state index contributed by atoms with van der Waals surface area (Å²) < 4.78 is 0.512. The van der Waals surface area contributed by atoms with Crippen LogP contribution in [0.3, 0.4) is 0 Å². The Kier molecular flexibility index (Phi) is 5.28. The molecule has 0 aromatic carbocycles. The van der Waals surface area contributed by atoms with Gasteiger partial charge in [-0.25, -0.2) is 0 Å². The molecule has 0 saturated carbocycles. The summed E-state index contributed by atoms with van der Waals surface area (Å²) in [6, 6.07) is 0.605. The van der Waals surface area contributed by atoms with Crippen LogP contribution < -0.4 is 10.6 Å². The highest BCUT2D eigenvalue weighted by atomic mass is 32.2. The van der Waals surface area contributed by atoms with Gasteiger partial charge in [-0.05, 0) is 25.5 Å². The minimum atomic E-state index is 0.512. The molecule has 1 unspecified atom stereocenters. The van der Waals surface area contributed by atoms with Crippen LogP contribution in [0.4, 0.5) is 0 Å². The van der Waals surface area contributed by atoms with Crippen LogP contribution in [-0.4, -0.2) is 36.2 Å². The van der Waals surface area contributed by atoms with Gasteiger partial charge in [-0.15, -0.1) is 0 Å². The zero-order chi connectivity index (χ0) is 10.4. The Morgan fingerprint density at radius 3 is 2.71 bits per heavy atom. The van der Waals surface area contributed by atoms with Crippen LogP contribution in [0.25, 0.3) is 0 Å². The molecule has 2 nitrogen and oxygen atoms in total. The van der Waals surface area contributed by atoms with E-state index in [1.54, 1.807) is 0 Å². The second-order valence-corrected chi connectivity index (χ2v) is 6.37. The van der Waals surface area contributed by atoms with Crippen molar-refractivity contribution >= 4 is 11.8 Å². The lowest BCUT2D eigenvalue weighted by Gasteiger charge is -2.23. The van der Waals surface area contributed by atoms with Crippen molar-refractivity contribution in [2.24, 2.45) is 0 Å². The molecule has 14 heavy (non-hydrogen) atoms. The Morgan fingerprint density at radius 1 is 1.36 bits per heavy atom. The van der Waals surface area contributed by atoms with E-state index in [1.807, 2.05) is 0 Å². The molecular formula is C11H24N2S. The first-order valence-electron chi connectivity index (χ1n) is 5.70. The standard InChI is InChI=1S/C11H24N2S/c1-10(2)13-7-6-12-9-11(3)5-4-8-14-11/h10,12-13H,4-9H2,1-3H3. The fourth-order valence-electron chi connectivity index (χ4n) is 1.78. The van der Waals surface area contributed by atoms with Gasteiger partial charge in [0.2, 0.25) is 0 Å². The van der Waals surface area contributed by atoms with Gasteiger partial charge in [0.25, 0.3) is 0 Å². The molecule has 2 N–H and O–H groups in total. The number of hydrogen-bond donors (Lipinski definition) is 2. The summed E-state index contributed by atoms with van der Waals surface area (Å²) in [5.41, 5.74) is 0. The monoisotopic (exact) mass is 216 g/mol. The number of rotatable bonds is 6. The third kappa shape index (κ3) is 4.67. The number of hydrogen-bond acceptors (Lipinski definition) is 3. The van der Waals surface area contributed by atoms with Gasteiger partial charge >= 0.3 is 0 Å². The maximum Gasteiger partial charge on any atom is 0.0256 e. The van der Waals surface area contributed by atoms with Crippen LogP contribution in [0.2, 0.25) is 0 Å². The Morgan fingerprint density at radius 2 is 2.14 bits per heavy atom. The summed E-state index contributed by atoms with van der Waals surface area (Å²) in [7, 11) is 0. The highest BCUT2D eigenvalue weighted by Gasteiger charge is 2.28. The Bertz CT molecular complexity index is 153. The molecule has 0 aromatic heterocycles. The van der Waals surface area contributed by atoms with Gasteiger partial charge in [0.1, 0.15) is 0 Å². The van der Waals surface area contributed by atoms with Crippen LogP contribution in [0.15, 0.2) is 0 Å². The van der Waals surface area contributed by atoms with E-state index in [1.165, 1.54) is 18.6 Å². The molecule has 0 aliphatic carbocycles. The average molecular weight is 216 g/mol. The van der Waals surface area contributed by atoms with Gasteiger partial charge in [-0.2, -0.15) is 11.8 Å². The van der Waals surface area contributed by atoms with E-state index in [0.29, 0.717) is 10.8 Å². The summed E-state index contributed by atoms with van der Waals surface area (Å²) in [6.45, 7) is 10.1. The summed E-state index contributed by atoms with van der Waals surface area (Å²) >= 11 is 2.13. The molecule has 0 bridgehead atoms. The predicted molar refractivity (Wildman–Crippen MR) is 66.1 cm³/mol. The summed E-state index contributed by atoms with van der Waals surface area (Å²) in [5.74, 6) is 1.35. The third-order valence-corrected chi connectivity index (χ3v) is 4.19. The zero-order valence-corrected chi connectivity index (χ0v) is 10.5. The minimum Gasteiger partial charge on any atom is -0.314 e. The van der Waals surface area contributed by atoms with Crippen molar-refractivity contribution in [2.45, 2.75) is 44.4 Å². The van der Waals surface area contributed by atoms with E-state index in [4.69, 9.17) is 0 Å². The molecule has 0 radical (unpaired) electrons. The molecule has 1 atom stereocenters. The van der Waals surface area contributed by atoms with Crippen molar-refractivity contribution in [3.8, 4) is 0 Å². The van der Waals surface area contributed by atoms with Crippen LogP contribution in [0, 0.1) is 0 Å². The molecule has 1 heterocycles. The topological polar surface area (TPSA) is 24.1 Å². The van der Waals surface area contributed by atoms with Gasteiger partial charge in [-0.1, -0.05) is 13.8 Å². The highest BCUT2D eigenvalue weighted by Crippen LogP contribution is 2.36. The summed E-state index contributed by atoms with van der Waals surface area (Å²) in [5, 5.41) is 6.95. The predicted octanol–water partition coefficient (Wildman–Crippen LogP) is 1.86. The Labute approximate surface area is 92.6 Å². The molecule has 0 amide bonds. The van der Waals surface area contributed by atoms with Crippen molar-refractivity contribution in [2.75, 3.05) is 25.4 Å². The molecule has 1 fully saturated rings. The van der Waals surface area contributed by atoms with E-state index in [-0.39, 0.29) is 0 Å². The maximum absolute atomic E-state index is 3.54. The molecule has 1 aliphatic heterocycles. The lowest BCUT2D eigenvalue weighted by atomic mass is 10.1. The first kappa shape index (κ1) is 12.3. The van der Waals surface area contributed by atoms with Crippen LogP contribution >= 0.6 is 11.8 Å². The van der Waals surface area contributed by atoms with Gasteiger partial charge in [0.15, 0.2) is 0 Å². The largest absolute Gasteiger partial charge is 0.314 e. The van der Waals surface area contributed by atoms with Crippen LogP contribution in [0.1, 0.15) is 33.6 Å². The lowest BCUT2D eigenvalue weighted by molar-refractivity contribution is 0.509. The highest BCUT2D eigenvalue weighted by molar-refractivity contribution is 8.00. The number of nitrogens with one attached hydrogen (secondary N) is 2. The SMILES string of the molecule is CC(C)NCCNCC1(C)CCCS1. The second-order valence-electron chi connectivity index (χ2n) is 4.69. The molecule has 0 spiro atoms. The molecular weight excluding hydrogens is 192 g/mol. The van der Waals surface area contributed by atoms with Gasteiger partial charge < -0.3 is 10.6 Å². The lowest BCUT2D eigenvalue weighted by Crippen LogP contribution is -2.38. The van der Waals surface area contributed by atoms with E-state index in [9.17, 15) is 0 Å². The summed E-state index contributed by atoms with van der Waals surface area (Å²) in [6.07, 6.45) is 2.77. The van der Waals surface area contributed by atoms with Crippen molar-refractivity contribution in [3.05, 3.63) is 0 Å². The molecule has 1 aliphatic rings. The zero-order valence-electron chi connectivity index (χ0n) is 9.73. The van der Waals surface area contributed by atoms with E-state index in [2.05, 4.69) is 43.2 Å². The molecule has 0 aromatic rings. The van der Waals surface area contributed by atoms with E-state index in [0.717, 1.165) is 19.6 Å². The van der Waals surface area contributed by atoms with Crippen molar-refractivity contribution in [3.63, 3.8) is 0 Å².